The van der Waals surface area contributed by atoms with Gasteiger partial charge < -0.3 is 10.4 Å². The van der Waals surface area contributed by atoms with E-state index in [1.807, 2.05) is 6.92 Å². The summed E-state index contributed by atoms with van der Waals surface area (Å²) in [5, 5.41) is 11.4. The van der Waals surface area contributed by atoms with Crippen molar-refractivity contribution in [2.75, 3.05) is 0 Å². The molecule has 0 heterocycles. The van der Waals surface area contributed by atoms with Crippen LogP contribution in [0.25, 0.3) is 0 Å². The predicted octanol–water partition coefficient (Wildman–Crippen LogP) is 2.96. The first-order chi connectivity index (χ1) is 8.95. The number of hydrogen-bond acceptors (Lipinski definition) is 2. The summed E-state index contributed by atoms with van der Waals surface area (Å²) in [6.45, 7) is 1.93. The molecule has 0 fully saturated rings. The molecule has 1 amide bonds. The van der Waals surface area contributed by atoms with Gasteiger partial charge in [-0.25, -0.2) is 9.18 Å². The van der Waals surface area contributed by atoms with Crippen LogP contribution in [0.1, 0.15) is 36.5 Å². The second kappa shape index (κ2) is 7.23. The van der Waals surface area contributed by atoms with Crippen molar-refractivity contribution in [1.29, 1.82) is 0 Å². The van der Waals surface area contributed by atoms with Gasteiger partial charge in [0.15, 0.2) is 0 Å². The summed E-state index contributed by atoms with van der Waals surface area (Å²) >= 11 is 3.14. The van der Waals surface area contributed by atoms with Crippen LogP contribution in [0.3, 0.4) is 0 Å². The number of halogens is 2. The maximum atomic E-state index is 13.1. The largest absolute Gasteiger partial charge is 0.480 e. The number of carboxylic acid groups (broad SMARTS) is 1. The Morgan fingerprint density at radius 2 is 2.16 bits per heavy atom. The minimum Gasteiger partial charge on any atom is -0.480 e. The molecule has 4 nitrogen and oxygen atoms in total. The van der Waals surface area contributed by atoms with Crippen molar-refractivity contribution in [1.82, 2.24) is 5.32 Å². The minimum atomic E-state index is -1.09. The Bertz CT molecular complexity index is 479. The zero-order valence-corrected chi connectivity index (χ0v) is 12.0. The van der Waals surface area contributed by atoms with Crippen LogP contribution in [0.4, 0.5) is 4.39 Å². The first-order valence-electron chi connectivity index (χ1n) is 5.94. The molecule has 0 aliphatic carbocycles. The second-order valence-corrected chi connectivity index (χ2v) is 4.99. The molecule has 1 aromatic rings. The van der Waals surface area contributed by atoms with Crippen LogP contribution < -0.4 is 5.32 Å². The van der Waals surface area contributed by atoms with Gasteiger partial charge in [0.1, 0.15) is 11.9 Å². The molecule has 1 atom stereocenters. The molecular weight excluding hydrogens is 317 g/mol. The van der Waals surface area contributed by atoms with Crippen LogP contribution in [0, 0.1) is 5.82 Å². The Morgan fingerprint density at radius 1 is 1.47 bits per heavy atom. The van der Waals surface area contributed by atoms with Crippen LogP contribution in [-0.4, -0.2) is 23.0 Å². The molecule has 0 saturated carbocycles. The topological polar surface area (TPSA) is 66.4 Å². The molecule has 0 aromatic heterocycles. The van der Waals surface area contributed by atoms with Crippen molar-refractivity contribution in [3.63, 3.8) is 0 Å². The summed E-state index contributed by atoms with van der Waals surface area (Å²) in [7, 11) is 0. The van der Waals surface area contributed by atoms with Crippen molar-refractivity contribution in [2.45, 2.75) is 32.2 Å². The lowest BCUT2D eigenvalue weighted by Gasteiger charge is -2.14. The third-order valence-corrected chi connectivity index (χ3v) is 3.31. The van der Waals surface area contributed by atoms with Gasteiger partial charge in [-0.05, 0) is 40.5 Å². The van der Waals surface area contributed by atoms with E-state index >= 15 is 0 Å². The van der Waals surface area contributed by atoms with E-state index in [9.17, 15) is 14.0 Å². The van der Waals surface area contributed by atoms with E-state index < -0.39 is 23.7 Å². The SMILES string of the molecule is CCCCC(NC(=O)c1cc(F)ccc1Br)C(=O)O. The van der Waals surface area contributed by atoms with E-state index in [0.29, 0.717) is 17.3 Å². The fraction of sp³-hybridized carbons (Fsp3) is 0.385. The predicted molar refractivity (Wildman–Crippen MR) is 72.5 cm³/mol. The molecular formula is C13H15BrFNO3. The van der Waals surface area contributed by atoms with Gasteiger partial charge in [-0.15, -0.1) is 0 Å². The molecule has 0 spiro atoms. The molecule has 0 saturated heterocycles. The average Bonchev–Trinajstić information content (AvgIpc) is 2.36. The van der Waals surface area contributed by atoms with Crippen molar-refractivity contribution < 1.29 is 19.1 Å². The molecule has 1 unspecified atom stereocenters. The highest BCUT2D eigenvalue weighted by Crippen LogP contribution is 2.18. The summed E-state index contributed by atoms with van der Waals surface area (Å²) in [6.07, 6.45) is 1.88. The van der Waals surface area contributed by atoms with E-state index in [-0.39, 0.29) is 5.56 Å². The van der Waals surface area contributed by atoms with Gasteiger partial charge in [0.2, 0.25) is 0 Å². The lowest BCUT2D eigenvalue weighted by molar-refractivity contribution is -0.139. The molecule has 0 radical (unpaired) electrons. The standard InChI is InChI=1S/C13H15BrFNO3/c1-2-3-4-11(13(18)19)16-12(17)9-7-8(15)5-6-10(9)14/h5-7,11H,2-4H2,1H3,(H,16,17)(H,18,19). The highest BCUT2D eigenvalue weighted by Gasteiger charge is 2.21. The number of carbonyl (C=O) groups excluding carboxylic acids is 1. The lowest BCUT2D eigenvalue weighted by atomic mass is 10.1. The third-order valence-electron chi connectivity index (χ3n) is 2.62. The summed E-state index contributed by atoms with van der Waals surface area (Å²) in [4.78, 5) is 22.9. The maximum Gasteiger partial charge on any atom is 0.326 e. The van der Waals surface area contributed by atoms with Gasteiger partial charge in [-0.2, -0.15) is 0 Å². The molecule has 0 aliphatic heterocycles. The molecule has 104 valence electrons. The third kappa shape index (κ3) is 4.63. The molecule has 1 rings (SSSR count). The maximum absolute atomic E-state index is 13.1. The van der Waals surface area contributed by atoms with Gasteiger partial charge >= 0.3 is 5.97 Å². The lowest BCUT2D eigenvalue weighted by Crippen LogP contribution is -2.40. The van der Waals surface area contributed by atoms with E-state index in [1.165, 1.54) is 12.1 Å². The number of rotatable bonds is 6. The van der Waals surface area contributed by atoms with Crippen LogP contribution >= 0.6 is 15.9 Å². The number of unbranched alkanes of at least 4 members (excludes halogenated alkanes) is 1. The van der Waals surface area contributed by atoms with Crippen molar-refractivity contribution in [3.05, 3.63) is 34.1 Å². The van der Waals surface area contributed by atoms with Gasteiger partial charge in [0.05, 0.1) is 5.56 Å². The zero-order valence-electron chi connectivity index (χ0n) is 10.5. The Hall–Kier alpha value is -1.43. The Balaban J connectivity index is 2.81. The monoisotopic (exact) mass is 331 g/mol. The highest BCUT2D eigenvalue weighted by molar-refractivity contribution is 9.10. The Labute approximate surface area is 119 Å². The fourth-order valence-corrected chi connectivity index (χ4v) is 2.00. The molecule has 6 heteroatoms. The van der Waals surface area contributed by atoms with Crippen molar-refractivity contribution >= 4 is 27.8 Å². The molecule has 0 aliphatic rings. The van der Waals surface area contributed by atoms with E-state index in [2.05, 4.69) is 21.2 Å². The fourth-order valence-electron chi connectivity index (χ4n) is 1.57. The Kier molecular flexibility index (Phi) is 5.95. The zero-order chi connectivity index (χ0) is 14.4. The van der Waals surface area contributed by atoms with Gasteiger partial charge in [0.25, 0.3) is 5.91 Å². The van der Waals surface area contributed by atoms with Crippen molar-refractivity contribution in [3.8, 4) is 0 Å². The number of carboxylic acids is 1. The number of nitrogens with one attached hydrogen (secondary N) is 1. The average molecular weight is 332 g/mol. The number of carbonyl (C=O) groups is 2. The summed E-state index contributed by atoms with van der Waals surface area (Å²) in [5.74, 6) is -2.24. The van der Waals surface area contributed by atoms with E-state index in [0.717, 1.165) is 12.5 Å². The van der Waals surface area contributed by atoms with Gasteiger partial charge in [-0.1, -0.05) is 19.8 Å². The molecule has 19 heavy (non-hydrogen) atoms. The highest BCUT2D eigenvalue weighted by atomic mass is 79.9. The smallest absolute Gasteiger partial charge is 0.326 e. The van der Waals surface area contributed by atoms with Gasteiger partial charge in [0, 0.05) is 4.47 Å². The number of hydrogen-bond donors (Lipinski definition) is 2. The number of benzene rings is 1. The van der Waals surface area contributed by atoms with Crippen molar-refractivity contribution in [2.24, 2.45) is 0 Å². The van der Waals surface area contributed by atoms with E-state index in [1.54, 1.807) is 0 Å². The summed E-state index contributed by atoms with van der Waals surface area (Å²) in [5.41, 5.74) is 0.0859. The van der Waals surface area contributed by atoms with Crippen LogP contribution in [0.2, 0.25) is 0 Å². The molecule has 2 N–H and O–H groups in total. The van der Waals surface area contributed by atoms with Crippen LogP contribution in [0.5, 0.6) is 0 Å². The van der Waals surface area contributed by atoms with Crippen LogP contribution in [-0.2, 0) is 4.79 Å². The minimum absolute atomic E-state index is 0.0859. The van der Waals surface area contributed by atoms with Gasteiger partial charge in [-0.3, -0.25) is 4.79 Å². The molecule has 1 aromatic carbocycles. The Morgan fingerprint density at radius 3 is 2.74 bits per heavy atom. The number of amides is 1. The van der Waals surface area contributed by atoms with Crippen LogP contribution in [0.15, 0.2) is 22.7 Å². The first kappa shape index (κ1) is 15.6. The summed E-state index contributed by atoms with van der Waals surface area (Å²) in [6, 6.07) is 2.74. The molecule has 0 bridgehead atoms. The first-order valence-corrected chi connectivity index (χ1v) is 6.73. The van der Waals surface area contributed by atoms with E-state index in [4.69, 9.17) is 5.11 Å². The second-order valence-electron chi connectivity index (χ2n) is 4.13. The quantitative estimate of drug-likeness (QED) is 0.842. The normalized spacial score (nSPS) is 11.9. The summed E-state index contributed by atoms with van der Waals surface area (Å²) < 4.78 is 13.5. The number of aliphatic carboxylic acids is 1.